The number of aromatic nitrogens is 4. The molecule has 0 radical (unpaired) electrons. The predicted octanol–water partition coefficient (Wildman–Crippen LogP) is 2.88. The second-order valence-electron chi connectivity index (χ2n) is 8.53. The SMILES string of the molecule is CCOC1=NC(c2nc3ncc(NS(=O)(=O)C4CCC(=O)CC4)nc3n2-c2c(O)cccc2OC)=C=C=C1. The van der Waals surface area contributed by atoms with Crippen LogP contribution < -0.4 is 9.46 Å². The highest BCUT2D eigenvalue weighted by Gasteiger charge is 2.31. The Bertz CT molecular complexity index is 1670. The summed E-state index contributed by atoms with van der Waals surface area (Å²) in [4.78, 5) is 29.4. The first kappa shape index (κ1) is 25.2. The number of phenols is 1. The molecule has 0 unspecified atom stereocenters. The van der Waals surface area contributed by atoms with E-state index in [-0.39, 0.29) is 71.5 Å². The fourth-order valence-corrected chi connectivity index (χ4v) is 5.70. The molecule has 13 heteroatoms. The number of hydrogen-bond acceptors (Lipinski definition) is 10. The summed E-state index contributed by atoms with van der Waals surface area (Å²) < 4.78 is 41.0. The van der Waals surface area contributed by atoms with E-state index in [2.05, 4.69) is 36.1 Å². The Morgan fingerprint density at radius 1 is 1.24 bits per heavy atom. The summed E-state index contributed by atoms with van der Waals surface area (Å²) in [5, 5.41) is 10.1. The van der Waals surface area contributed by atoms with Crippen LogP contribution in [0.2, 0.25) is 0 Å². The highest BCUT2D eigenvalue weighted by Crippen LogP contribution is 2.36. The van der Waals surface area contributed by atoms with Crippen LogP contribution in [0.3, 0.4) is 0 Å². The van der Waals surface area contributed by atoms with Gasteiger partial charge in [-0.3, -0.25) is 14.1 Å². The van der Waals surface area contributed by atoms with E-state index in [9.17, 15) is 18.3 Å². The average Bonchev–Trinajstić information content (AvgIpc) is 3.27. The van der Waals surface area contributed by atoms with Crippen molar-refractivity contribution in [2.24, 2.45) is 4.99 Å². The predicted molar refractivity (Wildman–Crippen MR) is 139 cm³/mol. The van der Waals surface area contributed by atoms with Crippen LogP contribution in [-0.2, 0) is 19.6 Å². The van der Waals surface area contributed by atoms with Crippen LogP contribution in [0.5, 0.6) is 11.5 Å². The first-order valence-corrected chi connectivity index (χ1v) is 13.4. The molecule has 5 rings (SSSR count). The van der Waals surface area contributed by atoms with Gasteiger partial charge in [0.1, 0.15) is 23.0 Å². The molecule has 0 atom stereocenters. The lowest BCUT2D eigenvalue weighted by atomic mass is 9.99. The van der Waals surface area contributed by atoms with E-state index in [1.807, 2.05) is 6.92 Å². The van der Waals surface area contributed by atoms with Crippen LogP contribution in [0.1, 0.15) is 38.4 Å². The Hall–Kier alpha value is -4.44. The number of nitrogens with zero attached hydrogens (tertiary/aromatic N) is 5. The van der Waals surface area contributed by atoms with E-state index in [4.69, 9.17) is 9.47 Å². The Morgan fingerprint density at radius 3 is 2.76 bits per heavy atom. The van der Waals surface area contributed by atoms with Gasteiger partial charge in [0, 0.05) is 12.8 Å². The molecule has 3 aromatic rings. The maximum Gasteiger partial charge on any atom is 0.236 e. The lowest BCUT2D eigenvalue weighted by molar-refractivity contribution is -0.120. The number of fused-ring (bicyclic) bond motifs is 1. The zero-order valence-corrected chi connectivity index (χ0v) is 21.4. The number of carbonyl (C=O) groups is 1. The summed E-state index contributed by atoms with van der Waals surface area (Å²) >= 11 is 0. The number of aromatic hydroxyl groups is 1. The Labute approximate surface area is 218 Å². The third-order valence-corrected chi connectivity index (χ3v) is 7.92. The number of phenolic OH excluding ortho intramolecular Hbond substituents is 1. The molecular weight excluding hydrogens is 512 g/mol. The molecule has 2 aromatic heterocycles. The van der Waals surface area contributed by atoms with Gasteiger partial charge >= 0.3 is 0 Å². The van der Waals surface area contributed by atoms with Gasteiger partial charge in [-0.25, -0.2) is 28.4 Å². The number of imidazole rings is 1. The molecular formula is C25H24N6O6S. The van der Waals surface area contributed by atoms with Gasteiger partial charge in [-0.1, -0.05) is 11.8 Å². The van der Waals surface area contributed by atoms with Crippen molar-refractivity contribution in [2.75, 3.05) is 18.4 Å². The van der Waals surface area contributed by atoms with Gasteiger partial charge in [0.25, 0.3) is 0 Å². The molecule has 38 heavy (non-hydrogen) atoms. The van der Waals surface area contributed by atoms with Gasteiger partial charge in [-0.2, -0.15) is 0 Å². The molecule has 12 nitrogen and oxygen atoms in total. The number of methoxy groups -OCH3 is 1. The average molecular weight is 537 g/mol. The maximum atomic E-state index is 13.0. The summed E-state index contributed by atoms with van der Waals surface area (Å²) in [5.74, 6) is 0.669. The van der Waals surface area contributed by atoms with Gasteiger partial charge < -0.3 is 14.6 Å². The molecule has 2 N–H and O–H groups in total. The molecule has 3 heterocycles. The van der Waals surface area contributed by atoms with Crippen molar-refractivity contribution in [3.63, 3.8) is 0 Å². The third-order valence-electron chi connectivity index (χ3n) is 6.08. The third kappa shape index (κ3) is 4.78. The van der Waals surface area contributed by atoms with Gasteiger partial charge in [-0.15, -0.1) is 0 Å². The van der Waals surface area contributed by atoms with Crippen LogP contribution in [0.4, 0.5) is 5.82 Å². The van der Waals surface area contributed by atoms with Crippen molar-refractivity contribution >= 4 is 44.5 Å². The largest absolute Gasteiger partial charge is 0.506 e. The van der Waals surface area contributed by atoms with Gasteiger partial charge in [0.05, 0.1) is 31.2 Å². The molecule has 1 aliphatic carbocycles. The summed E-state index contributed by atoms with van der Waals surface area (Å²) in [7, 11) is -2.38. The van der Waals surface area contributed by atoms with Crippen LogP contribution in [0, 0.1) is 0 Å². The minimum absolute atomic E-state index is 0.0388. The molecule has 1 fully saturated rings. The number of aliphatic imine (C=N–C) groups is 1. The molecule has 0 saturated heterocycles. The van der Waals surface area contributed by atoms with E-state index < -0.39 is 15.3 Å². The minimum Gasteiger partial charge on any atom is -0.506 e. The van der Waals surface area contributed by atoms with Crippen molar-refractivity contribution in [2.45, 2.75) is 37.9 Å². The van der Waals surface area contributed by atoms with Crippen molar-refractivity contribution in [3.05, 3.63) is 47.8 Å². The molecule has 0 spiro atoms. The van der Waals surface area contributed by atoms with Crippen molar-refractivity contribution in [3.8, 4) is 17.2 Å². The first-order valence-electron chi connectivity index (χ1n) is 11.9. The van der Waals surface area contributed by atoms with Crippen LogP contribution >= 0.6 is 0 Å². The molecule has 1 aliphatic heterocycles. The van der Waals surface area contributed by atoms with E-state index in [1.54, 1.807) is 12.1 Å². The second-order valence-corrected chi connectivity index (χ2v) is 10.5. The Morgan fingerprint density at radius 2 is 2.03 bits per heavy atom. The lowest BCUT2D eigenvalue weighted by Crippen LogP contribution is -2.32. The normalized spacial score (nSPS) is 15.9. The highest BCUT2D eigenvalue weighted by atomic mass is 32.2. The van der Waals surface area contributed by atoms with E-state index >= 15 is 0 Å². The van der Waals surface area contributed by atoms with Gasteiger partial charge in [0.2, 0.25) is 15.9 Å². The fourth-order valence-electron chi connectivity index (χ4n) is 4.29. The van der Waals surface area contributed by atoms with Crippen molar-refractivity contribution < 1.29 is 27.8 Å². The number of hydrogen-bond donors (Lipinski definition) is 2. The maximum absolute atomic E-state index is 13.0. The molecule has 0 amide bonds. The van der Waals surface area contributed by atoms with E-state index in [1.165, 1.54) is 30.0 Å². The number of para-hydroxylation sites is 1. The monoisotopic (exact) mass is 536 g/mol. The van der Waals surface area contributed by atoms with Crippen molar-refractivity contribution in [1.29, 1.82) is 0 Å². The topological polar surface area (TPSA) is 158 Å². The molecule has 1 saturated carbocycles. The summed E-state index contributed by atoms with van der Waals surface area (Å²) in [6, 6.07) is 4.73. The Kier molecular flexibility index (Phi) is 6.73. The molecule has 196 valence electrons. The number of Topliss-reactive ketones (excluding diaryl/α,β-unsaturated/α-hetero) is 1. The van der Waals surface area contributed by atoms with Crippen LogP contribution in [0.15, 0.2) is 46.9 Å². The zero-order chi connectivity index (χ0) is 26.9. The number of nitrogens with one attached hydrogen (secondary N) is 1. The smallest absolute Gasteiger partial charge is 0.236 e. The van der Waals surface area contributed by atoms with E-state index in [0.29, 0.717) is 18.3 Å². The number of rotatable bonds is 7. The van der Waals surface area contributed by atoms with Gasteiger partial charge in [0.15, 0.2) is 28.6 Å². The van der Waals surface area contributed by atoms with Crippen LogP contribution in [0.25, 0.3) is 22.7 Å². The molecule has 2 aliphatic rings. The summed E-state index contributed by atoms with van der Waals surface area (Å²) in [5.41, 5.74) is 6.47. The zero-order valence-electron chi connectivity index (χ0n) is 20.6. The number of ketones is 1. The standard InChI is InChI=1S/C25H24N6O6S/c1-3-37-21-9-4-6-17(27-21)24-29-23-25(31(24)22-18(33)7-5-8-19(22)36-2)28-20(14-26-23)30-38(34,35)16-12-10-15(32)11-13-16/h5,7-9,14,16,33H,3,10-13H2,1-2H3,(H,28,30). The Balaban J connectivity index is 1.66. The van der Waals surface area contributed by atoms with E-state index in [0.717, 1.165) is 0 Å². The summed E-state index contributed by atoms with van der Waals surface area (Å²) in [6.07, 6.45) is 3.73. The van der Waals surface area contributed by atoms with Crippen molar-refractivity contribution in [1.82, 2.24) is 19.5 Å². The number of anilines is 1. The summed E-state index contributed by atoms with van der Waals surface area (Å²) in [6.45, 7) is 2.21. The quantitative estimate of drug-likeness (QED) is 0.433. The van der Waals surface area contributed by atoms with Gasteiger partial charge in [-0.05, 0) is 37.6 Å². The number of sulfonamides is 1. The minimum atomic E-state index is -3.83. The second kappa shape index (κ2) is 10.1. The first-order chi connectivity index (χ1) is 18.3. The number of benzene rings is 1. The number of ether oxygens (including phenoxy) is 2. The number of carbonyl (C=O) groups excluding carboxylic acids is 1. The fraction of sp³-hybridized carbons (Fsp3) is 0.320. The lowest BCUT2D eigenvalue weighted by Gasteiger charge is -2.21. The van der Waals surface area contributed by atoms with Crippen LogP contribution in [-0.4, -0.2) is 63.7 Å². The highest BCUT2D eigenvalue weighted by molar-refractivity contribution is 7.93. The molecule has 1 aromatic carbocycles. The molecule has 0 bridgehead atoms.